The summed E-state index contributed by atoms with van der Waals surface area (Å²) in [5.41, 5.74) is 2.19. The van der Waals surface area contributed by atoms with E-state index in [0.29, 0.717) is 13.0 Å². The average molecular weight is 295 g/mol. The third-order valence-electron chi connectivity index (χ3n) is 4.07. The second kappa shape index (κ2) is 6.72. The molecule has 0 saturated heterocycles. The molecule has 3 nitrogen and oxygen atoms in total. The Kier molecular flexibility index (Phi) is 5.22. The fraction of sp³-hybridized carbons (Fsp3) is 0.688. The second-order valence-corrected chi connectivity index (χ2v) is 7.03. The average Bonchev–Trinajstić information content (AvgIpc) is 2.81. The van der Waals surface area contributed by atoms with E-state index in [4.69, 9.17) is 5.11 Å². The van der Waals surface area contributed by atoms with Crippen molar-refractivity contribution in [2.45, 2.75) is 52.5 Å². The lowest BCUT2D eigenvalue weighted by Gasteiger charge is -2.27. The molecule has 2 rings (SSSR count). The molecule has 1 aliphatic carbocycles. The molecule has 0 saturated carbocycles. The third kappa shape index (κ3) is 3.23. The van der Waals surface area contributed by atoms with E-state index in [9.17, 15) is 4.79 Å². The summed E-state index contributed by atoms with van der Waals surface area (Å²) in [5, 5.41) is 11.0. The number of hydrogen-bond donors (Lipinski definition) is 1. The number of carbonyl (C=O) groups excluding carboxylic acids is 1. The smallest absolute Gasteiger partial charge is 0.255 e. The van der Waals surface area contributed by atoms with Crippen LogP contribution in [0.25, 0.3) is 0 Å². The first kappa shape index (κ1) is 15.5. The molecular weight excluding hydrogens is 270 g/mol. The molecule has 0 bridgehead atoms. The predicted octanol–water partition coefficient (Wildman–Crippen LogP) is 3.11. The highest BCUT2D eigenvalue weighted by Crippen LogP contribution is 2.33. The molecule has 1 unspecified atom stereocenters. The van der Waals surface area contributed by atoms with E-state index < -0.39 is 0 Å². The van der Waals surface area contributed by atoms with E-state index in [2.05, 4.69) is 6.92 Å². The molecule has 4 heteroatoms. The van der Waals surface area contributed by atoms with Crippen LogP contribution in [-0.2, 0) is 12.8 Å². The lowest BCUT2D eigenvalue weighted by atomic mass is 9.88. The molecule has 1 heterocycles. The molecule has 1 aromatic rings. The Morgan fingerprint density at radius 1 is 1.55 bits per heavy atom. The summed E-state index contributed by atoms with van der Waals surface area (Å²) >= 11 is 1.74. The normalized spacial score (nSPS) is 18.1. The zero-order valence-corrected chi connectivity index (χ0v) is 13.5. The Balaban J connectivity index is 2.19. The van der Waals surface area contributed by atoms with Gasteiger partial charge in [-0.15, -0.1) is 11.3 Å². The van der Waals surface area contributed by atoms with Crippen LogP contribution in [0.15, 0.2) is 5.38 Å². The van der Waals surface area contributed by atoms with Gasteiger partial charge in [0.15, 0.2) is 0 Å². The molecule has 1 N–H and O–H groups in total. The fourth-order valence-electron chi connectivity index (χ4n) is 2.85. The van der Waals surface area contributed by atoms with Crippen LogP contribution in [0.3, 0.4) is 0 Å². The maximum absolute atomic E-state index is 12.8. The molecule has 0 spiro atoms. The van der Waals surface area contributed by atoms with Crippen molar-refractivity contribution >= 4 is 17.2 Å². The van der Waals surface area contributed by atoms with Crippen molar-refractivity contribution in [1.82, 2.24) is 4.90 Å². The number of fused-ring (bicyclic) bond motifs is 1. The van der Waals surface area contributed by atoms with Gasteiger partial charge in [-0.3, -0.25) is 4.79 Å². The van der Waals surface area contributed by atoms with E-state index in [0.717, 1.165) is 24.3 Å². The van der Waals surface area contributed by atoms with Gasteiger partial charge in [-0.05, 0) is 51.0 Å². The highest BCUT2D eigenvalue weighted by molar-refractivity contribution is 7.10. The third-order valence-corrected chi connectivity index (χ3v) is 5.12. The second-order valence-electron chi connectivity index (χ2n) is 6.07. The summed E-state index contributed by atoms with van der Waals surface area (Å²) in [6, 6.07) is 0.173. The minimum Gasteiger partial charge on any atom is -0.396 e. The maximum atomic E-state index is 12.8. The summed E-state index contributed by atoms with van der Waals surface area (Å²) in [5.74, 6) is 0.875. The van der Waals surface area contributed by atoms with Gasteiger partial charge in [0.05, 0.1) is 5.56 Å². The van der Waals surface area contributed by atoms with E-state index in [-0.39, 0.29) is 18.6 Å². The summed E-state index contributed by atoms with van der Waals surface area (Å²) in [6.45, 7) is 7.13. The topological polar surface area (TPSA) is 40.5 Å². The van der Waals surface area contributed by atoms with Gasteiger partial charge in [-0.25, -0.2) is 0 Å². The van der Waals surface area contributed by atoms with Gasteiger partial charge < -0.3 is 10.0 Å². The molecule has 1 amide bonds. The van der Waals surface area contributed by atoms with Crippen molar-refractivity contribution in [2.24, 2.45) is 5.92 Å². The van der Waals surface area contributed by atoms with Crippen molar-refractivity contribution in [1.29, 1.82) is 0 Å². The minimum atomic E-state index is 0.135. The summed E-state index contributed by atoms with van der Waals surface area (Å²) in [7, 11) is 0. The number of aliphatic hydroxyl groups is 1. The standard InChI is InChI=1S/C16H25NO2S/c1-11(2)17(7-4-8-18)16(19)14-10-20-15-9-12(3)5-6-13(14)15/h10-12,18H,4-9H2,1-3H3. The van der Waals surface area contributed by atoms with E-state index in [1.54, 1.807) is 11.3 Å². The van der Waals surface area contributed by atoms with Crippen molar-refractivity contribution in [2.75, 3.05) is 13.2 Å². The Bertz CT molecular complexity index is 467. The van der Waals surface area contributed by atoms with Crippen LogP contribution >= 0.6 is 11.3 Å². The van der Waals surface area contributed by atoms with Gasteiger partial charge in [-0.1, -0.05) is 6.92 Å². The van der Waals surface area contributed by atoms with Gasteiger partial charge in [0, 0.05) is 29.5 Å². The van der Waals surface area contributed by atoms with E-state index in [1.165, 1.54) is 16.9 Å². The van der Waals surface area contributed by atoms with Crippen molar-refractivity contribution in [3.63, 3.8) is 0 Å². The first-order valence-corrected chi connectivity index (χ1v) is 8.43. The van der Waals surface area contributed by atoms with Crippen molar-refractivity contribution < 1.29 is 9.90 Å². The number of aliphatic hydroxyl groups excluding tert-OH is 1. The molecule has 0 aliphatic heterocycles. The lowest BCUT2D eigenvalue weighted by molar-refractivity contribution is 0.0692. The summed E-state index contributed by atoms with van der Waals surface area (Å²) in [6.07, 6.45) is 3.98. The van der Waals surface area contributed by atoms with Crippen molar-refractivity contribution in [3.8, 4) is 0 Å². The monoisotopic (exact) mass is 295 g/mol. The number of rotatable bonds is 5. The Hall–Kier alpha value is -0.870. The van der Waals surface area contributed by atoms with Crippen LogP contribution in [0.1, 0.15) is 54.4 Å². The predicted molar refractivity (Wildman–Crippen MR) is 83.4 cm³/mol. The van der Waals surface area contributed by atoms with Crippen LogP contribution in [0.5, 0.6) is 0 Å². The van der Waals surface area contributed by atoms with Crippen LogP contribution in [-0.4, -0.2) is 35.1 Å². The van der Waals surface area contributed by atoms with Crippen LogP contribution in [0, 0.1) is 5.92 Å². The molecule has 0 aromatic carbocycles. The molecule has 1 atom stereocenters. The van der Waals surface area contributed by atoms with E-state index in [1.807, 2.05) is 24.1 Å². The fourth-order valence-corrected chi connectivity index (χ4v) is 4.08. The molecular formula is C16H25NO2S. The van der Waals surface area contributed by atoms with Crippen LogP contribution in [0.4, 0.5) is 0 Å². The minimum absolute atomic E-state index is 0.135. The number of hydrogen-bond acceptors (Lipinski definition) is 3. The van der Waals surface area contributed by atoms with Crippen LogP contribution in [0.2, 0.25) is 0 Å². The number of amides is 1. The SMILES string of the molecule is CC1CCc2c(C(=O)N(CCCO)C(C)C)csc2C1. The number of thiophene rings is 1. The van der Waals surface area contributed by atoms with Crippen LogP contribution < -0.4 is 0 Å². The summed E-state index contributed by atoms with van der Waals surface area (Å²) in [4.78, 5) is 16.0. The highest BCUT2D eigenvalue weighted by Gasteiger charge is 2.26. The number of nitrogens with zero attached hydrogens (tertiary/aromatic N) is 1. The van der Waals surface area contributed by atoms with Gasteiger partial charge in [0.1, 0.15) is 0 Å². The molecule has 112 valence electrons. The molecule has 0 fully saturated rings. The Morgan fingerprint density at radius 3 is 2.95 bits per heavy atom. The Labute approximate surface area is 125 Å². The molecule has 1 aromatic heterocycles. The van der Waals surface area contributed by atoms with Crippen molar-refractivity contribution in [3.05, 3.63) is 21.4 Å². The zero-order valence-electron chi connectivity index (χ0n) is 12.7. The van der Waals surface area contributed by atoms with Gasteiger partial charge in [-0.2, -0.15) is 0 Å². The highest BCUT2D eigenvalue weighted by atomic mass is 32.1. The molecule has 1 aliphatic rings. The summed E-state index contributed by atoms with van der Waals surface area (Å²) < 4.78 is 0. The molecule has 0 radical (unpaired) electrons. The van der Waals surface area contributed by atoms with Gasteiger partial charge in [0.25, 0.3) is 5.91 Å². The quantitative estimate of drug-likeness (QED) is 0.907. The zero-order chi connectivity index (χ0) is 14.7. The largest absolute Gasteiger partial charge is 0.396 e. The molecule has 20 heavy (non-hydrogen) atoms. The lowest BCUT2D eigenvalue weighted by Crippen LogP contribution is -2.38. The van der Waals surface area contributed by atoms with Gasteiger partial charge in [0.2, 0.25) is 0 Å². The van der Waals surface area contributed by atoms with Gasteiger partial charge >= 0.3 is 0 Å². The van der Waals surface area contributed by atoms with E-state index >= 15 is 0 Å². The Morgan fingerprint density at radius 2 is 2.30 bits per heavy atom. The first-order chi connectivity index (χ1) is 9.54. The number of carbonyl (C=O) groups is 1. The maximum Gasteiger partial charge on any atom is 0.255 e. The first-order valence-electron chi connectivity index (χ1n) is 7.55.